The third-order valence-electron chi connectivity index (χ3n) is 5.19. The first-order valence-electron chi connectivity index (χ1n) is 8.88. The highest BCUT2D eigenvalue weighted by atomic mass is 32.2. The summed E-state index contributed by atoms with van der Waals surface area (Å²) in [5.41, 5.74) is 1.81. The highest BCUT2D eigenvalue weighted by molar-refractivity contribution is 8.00. The van der Waals surface area contributed by atoms with Crippen molar-refractivity contribution in [3.05, 3.63) is 45.7 Å². The van der Waals surface area contributed by atoms with Gasteiger partial charge in [0.15, 0.2) is 0 Å². The molecule has 0 aromatic carbocycles. The molecule has 0 aliphatic carbocycles. The van der Waals surface area contributed by atoms with Crippen molar-refractivity contribution in [1.82, 2.24) is 9.47 Å². The van der Waals surface area contributed by atoms with Crippen molar-refractivity contribution in [2.45, 2.75) is 18.9 Å². The van der Waals surface area contributed by atoms with Gasteiger partial charge in [0.1, 0.15) is 0 Å². The molecule has 0 radical (unpaired) electrons. The predicted molar refractivity (Wildman–Crippen MR) is 106 cm³/mol. The zero-order valence-corrected chi connectivity index (χ0v) is 16.3. The summed E-state index contributed by atoms with van der Waals surface area (Å²) in [7, 11) is 0. The SMILES string of the molecule is O=C(O)CSCC(=O)N1CC2CC(C1)c1ccc(-c3cccs3)c(=O)n1C2. The molecule has 1 fully saturated rings. The van der Waals surface area contributed by atoms with E-state index in [1.54, 1.807) is 11.3 Å². The van der Waals surface area contributed by atoms with Crippen LogP contribution in [0.4, 0.5) is 0 Å². The van der Waals surface area contributed by atoms with Gasteiger partial charge in [-0.2, -0.15) is 0 Å². The van der Waals surface area contributed by atoms with E-state index in [4.69, 9.17) is 5.11 Å². The summed E-state index contributed by atoms with van der Waals surface area (Å²) >= 11 is 2.70. The van der Waals surface area contributed by atoms with E-state index in [9.17, 15) is 14.4 Å². The van der Waals surface area contributed by atoms with Crippen molar-refractivity contribution >= 4 is 35.0 Å². The van der Waals surface area contributed by atoms with Crippen LogP contribution in [0.5, 0.6) is 0 Å². The molecule has 2 aromatic rings. The predicted octanol–water partition coefficient (Wildman–Crippen LogP) is 2.34. The zero-order chi connectivity index (χ0) is 19.0. The van der Waals surface area contributed by atoms with Crippen LogP contribution in [0.25, 0.3) is 10.4 Å². The molecule has 2 aliphatic heterocycles. The van der Waals surface area contributed by atoms with Crippen LogP contribution in [0, 0.1) is 5.92 Å². The number of fused-ring (bicyclic) bond motifs is 4. The molecule has 1 amide bonds. The number of nitrogens with zero attached hydrogens (tertiary/aromatic N) is 2. The van der Waals surface area contributed by atoms with Crippen molar-refractivity contribution in [2.75, 3.05) is 24.6 Å². The summed E-state index contributed by atoms with van der Waals surface area (Å²) in [6.45, 7) is 1.87. The zero-order valence-electron chi connectivity index (χ0n) is 14.7. The van der Waals surface area contributed by atoms with Gasteiger partial charge in [-0.05, 0) is 35.9 Å². The first-order valence-corrected chi connectivity index (χ1v) is 10.9. The molecule has 4 heterocycles. The Kier molecular flexibility index (Phi) is 5.10. The first kappa shape index (κ1) is 18.3. The van der Waals surface area contributed by atoms with Gasteiger partial charge >= 0.3 is 5.97 Å². The van der Waals surface area contributed by atoms with E-state index in [1.807, 2.05) is 39.1 Å². The average Bonchev–Trinajstić information content (AvgIpc) is 3.16. The lowest BCUT2D eigenvalue weighted by Crippen LogP contribution is -2.49. The van der Waals surface area contributed by atoms with Gasteiger partial charge < -0.3 is 14.6 Å². The van der Waals surface area contributed by atoms with Gasteiger partial charge in [0.2, 0.25) is 5.91 Å². The Morgan fingerprint density at radius 3 is 2.78 bits per heavy atom. The van der Waals surface area contributed by atoms with Crippen molar-refractivity contribution in [1.29, 1.82) is 0 Å². The minimum absolute atomic E-state index is 0.0121. The summed E-state index contributed by atoms with van der Waals surface area (Å²) in [4.78, 5) is 38.9. The molecule has 2 atom stereocenters. The van der Waals surface area contributed by atoms with Crippen LogP contribution in [0.2, 0.25) is 0 Å². The molecule has 27 heavy (non-hydrogen) atoms. The van der Waals surface area contributed by atoms with E-state index in [0.29, 0.717) is 19.6 Å². The van der Waals surface area contributed by atoms with Crippen LogP contribution in [0.1, 0.15) is 18.0 Å². The average molecular weight is 405 g/mol. The molecule has 2 unspecified atom stereocenters. The number of amides is 1. The lowest BCUT2D eigenvalue weighted by atomic mass is 9.83. The lowest BCUT2D eigenvalue weighted by Gasteiger charge is -2.43. The molecule has 8 heteroatoms. The number of carbonyl (C=O) groups is 2. The Labute approximate surface area is 164 Å². The number of carboxylic acid groups (broad SMARTS) is 1. The number of rotatable bonds is 5. The highest BCUT2D eigenvalue weighted by Gasteiger charge is 2.36. The number of hydrogen-bond acceptors (Lipinski definition) is 5. The van der Waals surface area contributed by atoms with Crippen molar-refractivity contribution in [3.63, 3.8) is 0 Å². The van der Waals surface area contributed by atoms with Gasteiger partial charge in [0, 0.05) is 36.1 Å². The van der Waals surface area contributed by atoms with Crippen LogP contribution in [-0.2, 0) is 16.1 Å². The van der Waals surface area contributed by atoms with Crippen LogP contribution in [-0.4, -0.2) is 51.0 Å². The van der Waals surface area contributed by atoms with E-state index in [1.165, 1.54) is 0 Å². The largest absolute Gasteiger partial charge is 0.481 e. The van der Waals surface area contributed by atoms with E-state index in [2.05, 4.69) is 0 Å². The monoisotopic (exact) mass is 404 g/mol. The van der Waals surface area contributed by atoms with Gasteiger partial charge in [-0.25, -0.2) is 0 Å². The van der Waals surface area contributed by atoms with E-state index in [-0.39, 0.29) is 34.8 Å². The maximum absolute atomic E-state index is 13.0. The summed E-state index contributed by atoms with van der Waals surface area (Å²) in [6, 6.07) is 7.85. The third kappa shape index (κ3) is 3.68. The maximum atomic E-state index is 13.0. The molecule has 142 valence electrons. The van der Waals surface area contributed by atoms with Crippen molar-refractivity contribution in [2.24, 2.45) is 5.92 Å². The molecule has 1 saturated heterocycles. The number of aliphatic carboxylic acids is 1. The van der Waals surface area contributed by atoms with Crippen LogP contribution in [0.15, 0.2) is 34.4 Å². The molecular weight excluding hydrogens is 384 g/mol. The Balaban J connectivity index is 1.53. The molecule has 4 rings (SSSR count). The van der Waals surface area contributed by atoms with Crippen molar-refractivity contribution in [3.8, 4) is 10.4 Å². The number of thioether (sulfide) groups is 1. The maximum Gasteiger partial charge on any atom is 0.313 e. The minimum atomic E-state index is -0.904. The van der Waals surface area contributed by atoms with Gasteiger partial charge in [-0.15, -0.1) is 23.1 Å². The van der Waals surface area contributed by atoms with Gasteiger partial charge in [-0.3, -0.25) is 14.4 Å². The minimum Gasteiger partial charge on any atom is -0.481 e. The second-order valence-corrected chi connectivity index (χ2v) is 8.98. The van der Waals surface area contributed by atoms with Gasteiger partial charge in [0.25, 0.3) is 5.56 Å². The summed E-state index contributed by atoms with van der Waals surface area (Å²) in [6.07, 6.45) is 0.990. The number of piperidine rings is 1. The lowest BCUT2D eigenvalue weighted by molar-refractivity contribution is -0.133. The number of likely N-dealkylation sites (tertiary alicyclic amines) is 1. The second kappa shape index (κ2) is 7.52. The third-order valence-corrected chi connectivity index (χ3v) is 7.00. The molecule has 0 spiro atoms. The first-order chi connectivity index (χ1) is 13.0. The van der Waals surface area contributed by atoms with Crippen molar-refractivity contribution < 1.29 is 14.7 Å². The number of pyridine rings is 1. The molecule has 2 aromatic heterocycles. The Morgan fingerprint density at radius 1 is 1.19 bits per heavy atom. The Hall–Kier alpha value is -2.06. The number of carboxylic acids is 1. The van der Waals surface area contributed by atoms with E-state index < -0.39 is 5.97 Å². The molecule has 0 saturated carbocycles. The standard InChI is InChI=1S/C19H20N2O4S2/c22-17(10-26-11-18(23)24)20-7-12-6-13(9-20)15-4-3-14(16-2-1-5-27-16)19(25)21(15)8-12/h1-5,12-13H,6-11H2,(H,23,24). The molecule has 2 bridgehead atoms. The Bertz CT molecular complexity index is 922. The summed E-state index contributed by atoms with van der Waals surface area (Å²) in [5.74, 6) is -0.358. The molecule has 2 aliphatic rings. The molecule has 1 N–H and O–H groups in total. The second-order valence-electron chi connectivity index (χ2n) is 7.05. The topological polar surface area (TPSA) is 79.6 Å². The van der Waals surface area contributed by atoms with Crippen LogP contribution in [0.3, 0.4) is 0 Å². The molecular formula is C19H20N2O4S2. The van der Waals surface area contributed by atoms with Crippen LogP contribution >= 0.6 is 23.1 Å². The fourth-order valence-corrected chi connectivity index (χ4v) is 5.46. The number of aromatic nitrogens is 1. The highest BCUT2D eigenvalue weighted by Crippen LogP contribution is 2.36. The fraction of sp³-hybridized carbons (Fsp3) is 0.421. The smallest absolute Gasteiger partial charge is 0.313 e. The summed E-state index contributed by atoms with van der Waals surface area (Å²) < 4.78 is 1.90. The van der Waals surface area contributed by atoms with E-state index >= 15 is 0 Å². The number of hydrogen-bond donors (Lipinski definition) is 1. The van der Waals surface area contributed by atoms with E-state index in [0.717, 1.165) is 34.3 Å². The quantitative estimate of drug-likeness (QED) is 0.827. The Morgan fingerprint density at radius 2 is 2.04 bits per heavy atom. The number of carbonyl (C=O) groups excluding carboxylic acids is 1. The molecule has 6 nitrogen and oxygen atoms in total. The fourth-order valence-electron chi connectivity index (χ4n) is 4.09. The van der Waals surface area contributed by atoms with Crippen LogP contribution < -0.4 is 5.56 Å². The number of thiophene rings is 1. The van der Waals surface area contributed by atoms with Gasteiger partial charge in [-0.1, -0.05) is 6.07 Å². The summed E-state index contributed by atoms with van der Waals surface area (Å²) in [5, 5.41) is 10.7. The van der Waals surface area contributed by atoms with Gasteiger partial charge in [0.05, 0.1) is 17.1 Å². The normalized spacial score (nSPS) is 21.0.